The van der Waals surface area contributed by atoms with Gasteiger partial charge in [0.15, 0.2) is 0 Å². The third-order valence-electron chi connectivity index (χ3n) is 3.86. The maximum atomic E-state index is 12.8. The van der Waals surface area contributed by atoms with E-state index >= 15 is 0 Å². The van der Waals surface area contributed by atoms with Crippen LogP contribution in [0.2, 0.25) is 0 Å². The maximum absolute atomic E-state index is 12.8. The fourth-order valence-electron chi connectivity index (χ4n) is 2.54. The summed E-state index contributed by atoms with van der Waals surface area (Å²) in [4.78, 5) is 4.59. The molecule has 0 aliphatic carbocycles. The second-order valence-corrected chi connectivity index (χ2v) is 8.97. The first kappa shape index (κ1) is 20.8. The monoisotopic (exact) mass is 352 g/mol. The second kappa shape index (κ2) is 8.77. The number of aryl methyl sites for hydroxylation is 1. The molecule has 24 heavy (non-hydrogen) atoms. The van der Waals surface area contributed by atoms with Crippen molar-refractivity contribution < 1.29 is 8.95 Å². The van der Waals surface area contributed by atoms with Crippen LogP contribution < -0.4 is 0 Å². The van der Waals surface area contributed by atoms with Crippen molar-refractivity contribution in [3.8, 4) is 0 Å². The number of rotatable bonds is 7. The number of aromatic nitrogens is 1. The number of hydrogen-bond donors (Lipinski definition) is 0. The molecule has 136 valence electrons. The van der Waals surface area contributed by atoms with Crippen LogP contribution in [0.4, 0.5) is 0 Å². The summed E-state index contributed by atoms with van der Waals surface area (Å²) in [5.74, 6) is 0.867. The van der Waals surface area contributed by atoms with Crippen molar-refractivity contribution in [3.63, 3.8) is 0 Å². The molecule has 1 unspecified atom stereocenters. The number of hydrogen-bond acceptors (Lipinski definition) is 3. The van der Waals surface area contributed by atoms with Crippen LogP contribution in [0, 0.1) is 6.92 Å². The Balaban J connectivity index is 3.24. The lowest BCUT2D eigenvalue weighted by Gasteiger charge is -2.32. The van der Waals surface area contributed by atoms with Crippen LogP contribution in [0.15, 0.2) is 18.3 Å². The van der Waals surface area contributed by atoms with E-state index in [1.165, 1.54) is 0 Å². The van der Waals surface area contributed by atoms with E-state index in [-0.39, 0.29) is 10.8 Å². The highest BCUT2D eigenvalue weighted by molar-refractivity contribution is 7.84. The average molecular weight is 353 g/mol. The van der Waals surface area contributed by atoms with Crippen molar-refractivity contribution in [2.75, 3.05) is 13.2 Å². The Hall–Kier alpha value is -1.20. The molecular weight excluding hydrogens is 320 g/mol. The van der Waals surface area contributed by atoms with Gasteiger partial charge in [-0.3, -0.25) is 4.98 Å². The van der Waals surface area contributed by atoms with Gasteiger partial charge in [-0.25, -0.2) is 8.51 Å². The molecule has 4 nitrogen and oxygen atoms in total. The Labute approximate surface area is 149 Å². The van der Waals surface area contributed by atoms with Crippen LogP contribution >= 0.6 is 0 Å². The van der Waals surface area contributed by atoms with Gasteiger partial charge in [0.25, 0.3) is 0 Å². The van der Waals surface area contributed by atoms with E-state index in [1.807, 2.05) is 65.0 Å². The molecular formula is C19H32N2O2S. The maximum Gasteiger partial charge on any atom is 0.122 e. The van der Waals surface area contributed by atoms with E-state index in [0.29, 0.717) is 13.2 Å². The largest absolute Gasteiger partial charge is 0.494 e. The molecule has 2 atom stereocenters. The predicted molar refractivity (Wildman–Crippen MR) is 103 cm³/mol. The minimum atomic E-state index is -1.09. The molecule has 0 saturated carbocycles. The van der Waals surface area contributed by atoms with Gasteiger partial charge in [-0.2, -0.15) is 0 Å². The van der Waals surface area contributed by atoms with Gasteiger partial charge >= 0.3 is 0 Å². The van der Waals surface area contributed by atoms with Crippen molar-refractivity contribution in [2.24, 2.45) is 0 Å². The van der Waals surface area contributed by atoms with Crippen molar-refractivity contribution in [3.05, 3.63) is 35.2 Å². The van der Waals surface area contributed by atoms with Crippen molar-refractivity contribution in [1.82, 2.24) is 9.29 Å². The zero-order valence-corrected chi connectivity index (χ0v) is 17.2. The zero-order chi connectivity index (χ0) is 18.5. The highest BCUT2D eigenvalue weighted by atomic mass is 32.2. The molecule has 0 amide bonds. The summed E-state index contributed by atoms with van der Waals surface area (Å²) in [7, 11) is -1.09. The van der Waals surface area contributed by atoms with Crippen LogP contribution in [0.3, 0.4) is 0 Å². The van der Waals surface area contributed by atoms with E-state index in [1.54, 1.807) is 0 Å². The Kier molecular flexibility index (Phi) is 7.61. The predicted octanol–water partition coefficient (Wildman–Crippen LogP) is 4.63. The van der Waals surface area contributed by atoms with Crippen LogP contribution in [0.1, 0.15) is 71.3 Å². The van der Waals surface area contributed by atoms with Crippen LogP contribution in [0.25, 0.3) is 5.76 Å². The molecule has 0 aliphatic heterocycles. The smallest absolute Gasteiger partial charge is 0.122 e. The third kappa shape index (κ3) is 4.90. The lowest BCUT2D eigenvalue weighted by molar-refractivity contribution is 0.297. The van der Waals surface area contributed by atoms with Crippen LogP contribution in [0.5, 0.6) is 0 Å². The molecule has 0 spiro atoms. The highest BCUT2D eigenvalue weighted by Crippen LogP contribution is 2.28. The fraction of sp³-hybridized carbons (Fsp3) is 0.632. The molecule has 0 bridgehead atoms. The first-order valence-electron chi connectivity index (χ1n) is 8.61. The third-order valence-corrected chi connectivity index (χ3v) is 5.91. The summed E-state index contributed by atoms with van der Waals surface area (Å²) in [5, 5.41) is 0. The van der Waals surface area contributed by atoms with Crippen molar-refractivity contribution in [2.45, 2.75) is 66.2 Å². The van der Waals surface area contributed by atoms with Gasteiger partial charge in [0.05, 0.1) is 23.1 Å². The molecule has 0 saturated heterocycles. The molecule has 0 radical (unpaired) electrons. The fourth-order valence-corrected chi connectivity index (χ4v) is 3.87. The van der Waals surface area contributed by atoms with E-state index in [2.05, 4.69) is 18.0 Å². The minimum absolute atomic E-state index is 0.0332. The van der Waals surface area contributed by atoms with Crippen molar-refractivity contribution >= 4 is 16.7 Å². The molecule has 0 aromatic carbocycles. The molecule has 5 heteroatoms. The lowest BCUT2D eigenvalue weighted by atomic mass is 10.1. The van der Waals surface area contributed by atoms with Crippen molar-refractivity contribution in [1.29, 1.82) is 0 Å². The molecule has 1 aromatic heterocycles. The van der Waals surface area contributed by atoms with Crippen LogP contribution in [-0.4, -0.2) is 31.4 Å². The van der Waals surface area contributed by atoms with E-state index in [0.717, 1.165) is 22.6 Å². The summed E-state index contributed by atoms with van der Waals surface area (Å²) in [6.07, 6.45) is 3.85. The quantitative estimate of drug-likeness (QED) is 0.672. The summed E-state index contributed by atoms with van der Waals surface area (Å²) >= 11 is 0. The van der Waals surface area contributed by atoms with Gasteiger partial charge in [0.2, 0.25) is 0 Å². The van der Waals surface area contributed by atoms with E-state index < -0.39 is 11.0 Å². The zero-order valence-electron chi connectivity index (χ0n) is 16.3. The Bertz CT molecular complexity index is 606. The van der Waals surface area contributed by atoms with E-state index in [9.17, 15) is 4.21 Å². The van der Waals surface area contributed by atoms with Gasteiger partial charge in [0.1, 0.15) is 16.7 Å². The first-order valence-corrected chi connectivity index (χ1v) is 9.72. The van der Waals surface area contributed by atoms with Gasteiger partial charge in [0, 0.05) is 18.3 Å². The van der Waals surface area contributed by atoms with Gasteiger partial charge in [-0.15, -0.1) is 0 Å². The molecule has 1 aromatic rings. The van der Waals surface area contributed by atoms with Gasteiger partial charge in [-0.05, 0) is 66.2 Å². The number of pyridine rings is 1. The summed E-state index contributed by atoms with van der Waals surface area (Å²) in [6.45, 7) is 17.4. The number of nitrogens with zero attached hydrogens (tertiary/aromatic N) is 2. The van der Waals surface area contributed by atoms with Gasteiger partial charge < -0.3 is 4.74 Å². The molecule has 1 rings (SSSR count). The van der Waals surface area contributed by atoms with Crippen LogP contribution in [-0.2, 0) is 15.7 Å². The normalized spacial score (nSPS) is 15.5. The Morgan fingerprint density at radius 1 is 1.42 bits per heavy atom. The Morgan fingerprint density at radius 3 is 2.50 bits per heavy atom. The molecule has 0 N–H and O–H groups in total. The SMILES string of the molecule is C/C=C(\OCC)c1cc([C@@H](C)N(CC)S(=O)C(C)(C)C)ncc1C. The molecule has 0 fully saturated rings. The standard InChI is InChI=1S/C19H32N2O2S/c1-9-18(23-11-3)16-12-17(20-13-14(16)4)15(5)21(10-2)24(22)19(6,7)8/h9,12-13,15H,10-11H2,1-8H3/b18-9-/t15-,24?/m1/s1. The second-order valence-electron chi connectivity index (χ2n) is 6.78. The summed E-state index contributed by atoms with van der Waals surface area (Å²) in [6, 6.07) is 2.03. The lowest BCUT2D eigenvalue weighted by Crippen LogP contribution is -2.39. The Morgan fingerprint density at radius 2 is 2.04 bits per heavy atom. The molecule has 0 aliphatic rings. The van der Waals surface area contributed by atoms with E-state index in [4.69, 9.17) is 4.74 Å². The molecule has 1 heterocycles. The topological polar surface area (TPSA) is 42.4 Å². The number of allylic oxidation sites excluding steroid dienone is 1. The average Bonchev–Trinajstić information content (AvgIpc) is 2.53. The number of ether oxygens (including phenoxy) is 1. The minimum Gasteiger partial charge on any atom is -0.494 e. The van der Waals surface area contributed by atoms with Gasteiger partial charge in [-0.1, -0.05) is 6.92 Å². The summed E-state index contributed by atoms with van der Waals surface area (Å²) in [5.41, 5.74) is 3.04. The summed E-state index contributed by atoms with van der Waals surface area (Å²) < 4.78 is 20.3. The first-order chi connectivity index (χ1) is 11.2. The highest BCUT2D eigenvalue weighted by Gasteiger charge is 2.30.